The summed E-state index contributed by atoms with van der Waals surface area (Å²) < 4.78 is 42.1. The van der Waals surface area contributed by atoms with Crippen molar-refractivity contribution in [3.05, 3.63) is 35.4 Å². The second-order valence-electron chi connectivity index (χ2n) is 3.82. The Bertz CT molecular complexity index is 335. The minimum absolute atomic E-state index is 0.188. The van der Waals surface area contributed by atoms with E-state index in [1.54, 1.807) is 0 Å². The predicted molar refractivity (Wildman–Crippen MR) is 59.6 cm³/mol. The predicted octanol–water partition coefficient (Wildman–Crippen LogP) is 2.61. The highest BCUT2D eigenvalue weighted by Crippen LogP contribution is 2.29. The summed E-state index contributed by atoms with van der Waals surface area (Å²) in [4.78, 5) is 0. The van der Waals surface area contributed by atoms with Gasteiger partial charge in [-0.15, -0.1) is 0 Å². The zero-order chi connectivity index (χ0) is 12.9. The molecule has 0 aliphatic heterocycles. The first kappa shape index (κ1) is 14.0. The van der Waals surface area contributed by atoms with E-state index >= 15 is 0 Å². The molecule has 0 amide bonds. The minimum Gasteiger partial charge on any atom is -0.380 e. The Morgan fingerprint density at radius 3 is 2.29 bits per heavy atom. The standard InChI is InChI=1S/C12H16F3NO/c1-2-17-8-11(16)7-9-3-5-10(6-4-9)12(13,14)15/h3-6,11H,2,7-8,16H2,1H3. The van der Waals surface area contributed by atoms with Crippen LogP contribution < -0.4 is 5.73 Å². The molecular weight excluding hydrogens is 231 g/mol. The fourth-order valence-corrected chi connectivity index (χ4v) is 1.46. The normalized spacial score (nSPS) is 13.7. The molecule has 1 unspecified atom stereocenters. The molecule has 0 aromatic heterocycles. The van der Waals surface area contributed by atoms with Crippen molar-refractivity contribution >= 4 is 0 Å². The van der Waals surface area contributed by atoms with E-state index in [2.05, 4.69) is 0 Å². The van der Waals surface area contributed by atoms with Crippen molar-refractivity contribution in [2.45, 2.75) is 25.6 Å². The van der Waals surface area contributed by atoms with Gasteiger partial charge in [0.1, 0.15) is 0 Å². The molecule has 0 radical (unpaired) electrons. The highest BCUT2D eigenvalue weighted by Gasteiger charge is 2.29. The molecule has 2 nitrogen and oxygen atoms in total. The number of nitrogens with two attached hydrogens (primary N) is 1. The van der Waals surface area contributed by atoms with Crippen molar-refractivity contribution in [1.82, 2.24) is 0 Å². The van der Waals surface area contributed by atoms with E-state index in [9.17, 15) is 13.2 Å². The van der Waals surface area contributed by atoms with Crippen molar-refractivity contribution in [3.63, 3.8) is 0 Å². The Kier molecular flexibility index (Phi) is 4.96. The highest BCUT2D eigenvalue weighted by atomic mass is 19.4. The van der Waals surface area contributed by atoms with Crippen LogP contribution in [0.5, 0.6) is 0 Å². The quantitative estimate of drug-likeness (QED) is 0.868. The summed E-state index contributed by atoms with van der Waals surface area (Å²) in [6.07, 6.45) is -3.77. The van der Waals surface area contributed by atoms with E-state index in [0.717, 1.165) is 17.7 Å². The fraction of sp³-hybridized carbons (Fsp3) is 0.500. The van der Waals surface area contributed by atoms with Crippen LogP contribution in [0.25, 0.3) is 0 Å². The lowest BCUT2D eigenvalue weighted by Gasteiger charge is -2.12. The third-order valence-corrected chi connectivity index (χ3v) is 2.32. The van der Waals surface area contributed by atoms with Gasteiger partial charge in [-0.2, -0.15) is 13.2 Å². The Labute approximate surface area is 98.6 Å². The summed E-state index contributed by atoms with van der Waals surface area (Å²) in [5.41, 5.74) is 5.91. The first-order valence-corrected chi connectivity index (χ1v) is 5.43. The average Bonchev–Trinajstić information content (AvgIpc) is 2.26. The molecule has 0 aliphatic carbocycles. The van der Waals surface area contributed by atoms with Gasteiger partial charge in [-0.3, -0.25) is 0 Å². The number of halogens is 3. The van der Waals surface area contributed by atoms with Gasteiger partial charge < -0.3 is 10.5 Å². The Hall–Kier alpha value is -1.07. The molecule has 1 aromatic rings. The molecule has 0 saturated carbocycles. The van der Waals surface area contributed by atoms with Gasteiger partial charge in [0.2, 0.25) is 0 Å². The number of rotatable bonds is 5. The fourth-order valence-electron chi connectivity index (χ4n) is 1.46. The van der Waals surface area contributed by atoms with Gasteiger partial charge in [0.15, 0.2) is 0 Å². The number of hydrogen-bond donors (Lipinski definition) is 1. The van der Waals surface area contributed by atoms with Crippen molar-refractivity contribution in [2.75, 3.05) is 13.2 Å². The largest absolute Gasteiger partial charge is 0.416 e. The van der Waals surface area contributed by atoms with Gasteiger partial charge in [0.25, 0.3) is 0 Å². The molecule has 0 aliphatic rings. The van der Waals surface area contributed by atoms with E-state index < -0.39 is 11.7 Å². The molecular formula is C12H16F3NO. The summed E-state index contributed by atoms with van der Waals surface area (Å²) in [6, 6.07) is 4.86. The molecule has 0 bridgehead atoms. The summed E-state index contributed by atoms with van der Waals surface area (Å²) >= 11 is 0. The topological polar surface area (TPSA) is 35.2 Å². The van der Waals surface area contributed by atoms with Crippen LogP contribution in [0.15, 0.2) is 24.3 Å². The van der Waals surface area contributed by atoms with Crippen LogP contribution in [0.4, 0.5) is 13.2 Å². The number of alkyl halides is 3. The van der Waals surface area contributed by atoms with E-state index in [0.29, 0.717) is 19.6 Å². The van der Waals surface area contributed by atoms with Crippen LogP contribution in [0, 0.1) is 0 Å². The second kappa shape index (κ2) is 6.02. The molecule has 17 heavy (non-hydrogen) atoms. The maximum atomic E-state index is 12.3. The lowest BCUT2D eigenvalue weighted by atomic mass is 10.0. The van der Waals surface area contributed by atoms with Crippen LogP contribution in [0.1, 0.15) is 18.1 Å². The molecule has 0 fully saturated rings. The van der Waals surface area contributed by atoms with Gasteiger partial charge in [0.05, 0.1) is 12.2 Å². The van der Waals surface area contributed by atoms with Crippen molar-refractivity contribution in [2.24, 2.45) is 5.73 Å². The molecule has 5 heteroatoms. The first-order chi connectivity index (χ1) is 7.93. The van der Waals surface area contributed by atoms with E-state index in [-0.39, 0.29) is 6.04 Å². The molecule has 1 atom stereocenters. The molecule has 2 N–H and O–H groups in total. The Morgan fingerprint density at radius 1 is 1.24 bits per heavy atom. The number of benzene rings is 1. The zero-order valence-corrected chi connectivity index (χ0v) is 9.63. The Morgan fingerprint density at radius 2 is 1.82 bits per heavy atom. The van der Waals surface area contributed by atoms with Crippen LogP contribution in [-0.2, 0) is 17.3 Å². The van der Waals surface area contributed by atoms with Crippen LogP contribution >= 0.6 is 0 Å². The number of hydrogen-bond acceptors (Lipinski definition) is 2. The SMILES string of the molecule is CCOCC(N)Cc1ccc(C(F)(F)F)cc1. The highest BCUT2D eigenvalue weighted by molar-refractivity contribution is 5.25. The third-order valence-electron chi connectivity index (χ3n) is 2.32. The summed E-state index contributed by atoms with van der Waals surface area (Å²) in [7, 11) is 0. The monoisotopic (exact) mass is 247 g/mol. The Balaban J connectivity index is 2.56. The zero-order valence-electron chi connectivity index (χ0n) is 9.63. The minimum atomic E-state index is -4.29. The second-order valence-corrected chi connectivity index (χ2v) is 3.82. The van der Waals surface area contributed by atoms with Gasteiger partial charge in [-0.25, -0.2) is 0 Å². The molecule has 1 rings (SSSR count). The number of ether oxygens (including phenoxy) is 1. The lowest BCUT2D eigenvalue weighted by Crippen LogP contribution is -2.28. The van der Waals surface area contributed by atoms with E-state index in [4.69, 9.17) is 10.5 Å². The summed E-state index contributed by atoms with van der Waals surface area (Å²) in [5, 5.41) is 0. The van der Waals surface area contributed by atoms with Gasteiger partial charge in [0, 0.05) is 12.6 Å². The van der Waals surface area contributed by atoms with Crippen LogP contribution in [0.3, 0.4) is 0 Å². The maximum Gasteiger partial charge on any atom is 0.416 e. The molecule has 0 heterocycles. The average molecular weight is 247 g/mol. The third kappa shape index (κ3) is 4.75. The molecule has 96 valence electrons. The smallest absolute Gasteiger partial charge is 0.380 e. The van der Waals surface area contributed by atoms with Gasteiger partial charge >= 0.3 is 6.18 Å². The summed E-state index contributed by atoms with van der Waals surface area (Å²) in [5.74, 6) is 0. The van der Waals surface area contributed by atoms with Crippen molar-refractivity contribution < 1.29 is 17.9 Å². The molecule has 0 saturated heterocycles. The van der Waals surface area contributed by atoms with E-state index in [1.807, 2.05) is 6.92 Å². The van der Waals surface area contributed by atoms with Gasteiger partial charge in [-0.1, -0.05) is 12.1 Å². The first-order valence-electron chi connectivity index (χ1n) is 5.43. The van der Waals surface area contributed by atoms with Crippen molar-refractivity contribution in [3.8, 4) is 0 Å². The van der Waals surface area contributed by atoms with Crippen LogP contribution in [-0.4, -0.2) is 19.3 Å². The van der Waals surface area contributed by atoms with Crippen molar-refractivity contribution in [1.29, 1.82) is 0 Å². The maximum absolute atomic E-state index is 12.3. The van der Waals surface area contributed by atoms with Crippen LogP contribution in [0.2, 0.25) is 0 Å². The van der Waals surface area contributed by atoms with Gasteiger partial charge in [-0.05, 0) is 31.0 Å². The molecule has 0 spiro atoms. The summed E-state index contributed by atoms with van der Waals surface area (Å²) in [6.45, 7) is 2.86. The molecule has 1 aromatic carbocycles. The lowest BCUT2D eigenvalue weighted by molar-refractivity contribution is -0.137. The van der Waals surface area contributed by atoms with E-state index in [1.165, 1.54) is 12.1 Å².